The number of piperidine rings is 1. The average molecular weight is 441 g/mol. The van der Waals surface area contributed by atoms with Crippen molar-refractivity contribution in [2.24, 2.45) is 0 Å². The number of carbonyl (C=O) groups excluding carboxylic acids is 2. The van der Waals surface area contributed by atoms with Crippen molar-refractivity contribution in [2.75, 3.05) is 33.3 Å². The Morgan fingerprint density at radius 1 is 1.12 bits per heavy atom. The van der Waals surface area contributed by atoms with E-state index >= 15 is 0 Å². The molecule has 2 N–H and O–H groups in total. The number of nitrogens with zero attached hydrogens (tertiary/aromatic N) is 2. The predicted octanol–water partition coefficient (Wildman–Crippen LogP) is 1.27. The molecule has 1 saturated heterocycles. The molecule has 1 heterocycles. The Balaban J connectivity index is 1.46. The first-order valence-corrected chi connectivity index (χ1v) is 11.0. The summed E-state index contributed by atoms with van der Waals surface area (Å²) in [5.74, 6) is 0.818. The number of hydrogen-bond acceptors (Lipinski definition) is 6. The first-order chi connectivity index (χ1) is 15.5. The molecule has 1 aliphatic heterocycles. The number of nitrogens with one attached hydrogen (secondary N) is 2. The molecule has 0 spiro atoms. The number of hydrogen-bond donors (Lipinski definition) is 2. The zero-order chi connectivity index (χ0) is 22.8. The molecular weight excluding hydrogens is 408 g/mol. The quantitative estimate of drug-likeness (QED) is 0.311. The van der Waals surface area contributed by atoms with Gasteiger partial charge >= 0.3 is 6.41 Å². The highest BCUT2D eigenvalue weighted by atomic mass is 16.5. The molecule has 0 unspecified atom stereocenters. The summed E-state index contributed by atoms with van der Waals surface area (Å²) in [6.45, 7) is 2.17. The van der Waals surface area contributed by atoms with Crippen molar-refractivity contribution >= 4 is 12.5 Å². The lowest BCUT2D eigenvalue weighted by Gasteiger charge is -2.40. The van der Waals surface area contributed by atoms with Crippen molar-refractivity contribution in [1.82, 2.24) is 15.9 Å². The number of likely N-dealkylation sites (tertiary alicyclic amines) is 1. The molecule has 2 aromatic rings. The van der Waals surface area contributed by atoms with Gasteiger partial charge in [0.25, 0.3) is 0 Å². The van der Waals surface area contributed by atoms with Crippen molar-refractivity contribution in [1.29, 1.82) is 0 Å². The van der Waals surface area contributed by atoms with Crippen LogP contribution in [0.15, 0.2) is 54.6 Å². The van der Waals surface area contributed by atoms with Crippen LogP contribution in [0.2, 0.25) is 0 Å². The number of carbonyl (C=O) groups is 2. The van der Waals surface area contributed by atoms with Crippen LogP contribution in [-0.4, -0.2) is 61.4 Å². The van der Waals surface area contributed by atoms with E-state index in [0.29, 0.717) is 45.4 Å². The molecule has 8 heteroatoms. The van der Waals surface area contributed by atoms with Gasteiger partial charge in [0.1, 0.15) is 18.8 Å². The molecule has 1 aliphatic rings. The average Bonchev–Trinajstić information content (AvgIpc) is 2.83. The Hall–Kier alpha value is -2.94. The molecule has 172 valence electrons. The number of carboxylic acid groups (broad SMARTS) is 1. The van der Waals surface area contributed by atoms with Gasteiger partial charge in [0.05, 0.1) is 7.11 Å². The molecule has 0 radical (unpaired) electrons. The smallest absolute Gasteiger partial charge is 0.320 e. The van der Waals surface area contributed by atoms with Gasteiger partial charge in [0.15, 0.2) is 6.09 Å². The van der Waals surface area contributed by atoms with E-state index in [4.69, 9.17) is 4.74 Å². The lowest BCUT2D eigenvalue weighted by Crippen LogP contribution is -2.64. The molecule has 0 aliphatic carbocycles. The Kier molecular flexibility index (Phi) is 8.61. The summed E-state index contributed by atoms with van der Waals surface area (Å²) in [4.78, 5) is 23.4. The van der Waals surface area contributed by atoms with E-state index in [1.807, 2.05) is 54.6 Å². The number of benzene rings is 2. The molecule has 8 nitrogen and oxygen atoms in total. The van der Waals surface area contributed by atoms with Gasteiger partial charge in [-0.1, -0.05) is 42.5 Å². The molecule has 0 saturated carbocycles. The highest BCUT2D eigenvalue weighted by Crippen LogP contribution is 2.17. The molecule has 2 aromatic carbocycles. The summed E-state index contributed by atoms with van der Waals surface area (Å²) in [5, 5.41) is 12.7. The van der Waals surface area contributed by atoms with Gasteiger partial charge in [-0.25, -0.2) is 10.2 Å². The Bertz CT molecular complexity index is 869. The van der Waals surface area contributed by atoms with E-state index in [0.717, 1.165) is 34.7 Å². The molecule has 0 aromatic heterocycles. The first-order valence-electron chi connectivity index (χ1n) is 11.0. The fraction of sp³-hybridized carbons (Fsp3) is 0.417. The zero-order valence-corrected chi connectivity index (χ0v) is 18.5. The van der Waals surface area contributed by atoms with Crippen LogP contribution in [0.3, 0.4) is 0 Å². The van der Waals surface area contributed by atoms with Gasteiger partial charge in [-0.3, -0.25) is 5.01 Å². The van der Waals surface area contributed by atoms with Crippen molar-refractivity contribution in [3.8, 4) is 5.75 Å². The minimum absolute atomic E-state index is 0.0185. The van der Waals surface area contributed by atoms with E-state index in [1.165, 1.54) is 0 Å². The second kappa shape index (κ2) is 11.6. The minimum atomic E-state index is -1.24. The summed E-state index contributed by atoms with van der Waals surface area (Å²) >= 11 is 0. The van der Waals surface area contributed by atoms with Gasteiger partial charge in [0, 0.05) is 32.0 Å². The molecule has 0 bridgehead atoms. The van der Waals surface area contributed by atoms with E-state index < -0.39 is 6.09 Å². The third-order valence-electron chi connectivity index (χ3n) is 5.96. The van der Waals surface area contributed by atoms with E-state index in [9.17, 15) is 14.7 Å². The normalized spacial score (nSPS) is 20.5. The van der Waals surface area contributed by atoms with Crippen molar-refractivity contribution < 1.29 is 24.0 Å². The summed E-state index contributed by atoms with van der Waals surface area (Å²) in [6.07, 6.45) is 2.46. The Morgan fingerprint density at radius 3 is 2.50 bits per heavy atom. The van der Waals surface area contributed by atoms with E-state index in [2.05, 4.69) is 10.9 Å². The fourth-order valence-electron chi connectivity index (χ4n) is 4.02. The first kappa shape index (κ1) is 23.7. The Morgan fingerprint density at radius 2 is 1.84 bits per heavy atom. The van der Waals surface area contributed by atoms with Gasteiger partial charge in [0.2, 0.25) is 0 Å². The maximum Gasteiger partial charge on any atom is 0.320 e. The van der Waals surface area contributed by atoms with Crippen LogP contribution in [0.5, 0.6) is 5.75 Å². The predicted molar refractivity (Wildman–Crippen MR) is 119 cm³/mol. The third kappa shape index (κ3) is 6.78. The van der Waals surface area contributed by atoms with Crippen LogP contribution < -0.4 is 20.7 Å². The highest BCUT2D eigenvalue weighted by Gasteiger charge is 2.34. The Labute approximate surface area is 189 Å². The van der Waals surface area contributed by atoms with Gasteiger partial charge in [-0.05, 0) is 36.1 Å². The molecular formula is C24H32N4O4. The summed E-state index contributed by atoms with van der Waals surface area (Å²) in [7, 11) is 1.64. The standard InChI is InChI=1S/C24H32N4O4/c1-32-23-9-5-8-21(18-23)10-14-25-28(19-29)16-12-22(13-17-28)26-27(24(30)31)15-11-20-6-3-2-4-7-20/h2-9,18-19,22,25-26H,10-17H2,1H3. The number of hydrazine groups is 1. The van der Waals surface area contributed by atoms with Crippen LogP contribution >= 0.6 is 0 Å². The van der Waals surface area contributed by atoms with Crippen LogP contribution in [-0.2, 0) is 17.6 Å². The molecule has 32 heavy (non-hydrogen) atoms. The second-order valence-electron chi connectivity index (χ2n) is 8.15. The number of rotatable bonds is 11. The number of methoxy groups -OCH3 is 1. The topological polar surface area (TPSA) is 93.7 Å². The molecule has 0 atom stereocenters. The van der Waals surface area contributed by atoms with Crippen LogP contribution in [0.4, 0.5) is 4.79 Å². The van der Waals surface area contributed by atoms with Crippen molar-refractivity contribution in [2.45, 2.75) is 31.7 Å². The van der Waals surface area contributed by atoms with Gasteiger partial charge in [-0.2, -0.15) is 10.0 Å². The zero-order valence-electron chi connectivity index (χ0n) is 18.5. The number of amides is 2. The lowest BCUT2D eigenvalue weighted by atomic mass is 10.1. The lowest BCUT2D eigenvalue weighted by molar-refractivity contribution is -0.895. The molecule has 3 rings (SSSR count). The van der Waals surface area contributed by atoms with E-state index in [1.54, 1.807) is 7.11 Å². The number of quaternary nitrogens is 1. The van der Waals surface area contributed by atoms with Crippen molar-refractivity contribution in [3.05, 3.63) is 65.7 Å². The summed E-state index contributed by atoms with van der Waals surface area (Å²) in [5.41, 5.74) is 8.67. The third-order valence-corrected chi connectivity index (χ3v) is 5.96. The van der Waals surface area contributed by atoms with Crippen LogP contribution in [0.25, 0.3) is 0 Å². The van der Waals surface area contributed by atoms with Crippen LogP contribution in [0.1, 0.15) is 24.0 Å². The highest BCUT2D eigenvalue weighted by molar-refractivity contribution is 5.61. The maximum absolute atomic E-state index is 11.9. The molecule has 1 fully saturated rings. The molecule has 2 amide bonds. The monoisotopic (exact) mass is 440 g/mol. The number of ether oxygens (including phenoxy) is 1. The summed E-state index contributed by atoms with van der Waals surface area (Å²) < 4.78 is 5.44. The van der Waals surface area contributed by atoms with E-state index in [-0.39, 0.29) is 10.6 Å². The second-order valence-corrected chi connectivity index (χ2v) is 8.15. The maximum atomic E-state index is 11.9. The van der Waals surface area contributed by atoms with Gasteiger partial charge < -0.3 is 14.6 Å². The largest absolute Gasteiger partial charge is 0.529 e. The van der Waals surface area contributed by atoms with Crippen molar-refractivity contribution in [3.63, 3.8) is 0 Å². The SMILES string of the molecule is COc1cccc(CCN[N+]2(C=O)CCC(NN(CCc3ccccc3)C(=O)[O-])CC2)c1. The minimum Gasteiger partial charge on any atom is -0.529 e. The summed E-state index contributed by atoms with van der Waals surface area (Å²) in [6, 6.07) is 17.6. The van der Waals surface area contributed by atoms with Gasteiger partial charge in [-0.15, -0.1) is 0 Å². The van der Waals surface area contributed by atoms with Crippen LogP contribution in [0, 0.1) is 0 Å². The fourth-order valence-corrected chi connectivity index (χ4v) is 4.02.